The summed E-state index contributed by atoms with van der Waals surface area (Å²) in [5, 5.41) is 0. The van der Waals surface area contributed by atoms with Crippen LogP contribution in [-0.4, -0.2) is 29.8 Å². The number of alkyl halides is 1. The summed E-state index contributed by atoms with van der Waals surface area (Å²) < 4.78 is 0. The second kappa shape index (κ2) is 5.90. The number of fused-ring (bicyclic) bond motifs is 1. The second-order valence-electron chi connectivity index (χ2n) is 5.23. The SMILES string of the molecule is O=C(CCCCl)N1CCC2CCCCC2C1. The molecular formula is C13H22ClNO. The lowest BCUT2D eigenvalue weighted by molar-refractivity contribution is -0.134. The summed E-state index contributed by atoms with van der Waals surface area (Å²) in [7, 11) is 0. The number of carbonyl (C=O) groups excluding carboxylic acids is 1. The third-order valence-corrected chi connectivity index (χ3v) is 4.44. The van der Waals surface area contributed by atoms with E-state index in [2.05, 4.69) is 4.90 Å². The van der Waals surface area contributed by atoms with Gasteiger partial charge in [0.2, 0.25) is 5.91 Å². The molecule has 0 bridgehead atoms. The normalized spacial score (nSPS) is 29.9. The Balaban J connectivity index is 1.82. The predicted octanol–water partition coefficient (Wildman–Crippen LogP) is 3.04. The summed E-state index contributed by atoms with van der Waals surface area (Å²) in [6, 6.07) is 0. The zero-order valence-electron chi connectivity index (χ0n) is 9.96. The fourth-order valence-corrected chi connectivity index (χ4v) is 3.34. The third kappa shape index (κ3) is 2.91. The van der Waals surface area contributed by atoms with Crippen LogP contribution in [0.2, 0.25) is 0 Å². The first-order chi connectivity index (χ1) is 7.81. The van der Waals surface area contributed by atoms with Gasteiger partial charge in [-0.2, -0.15) is 0 Å². The quantitative estimate of drug-likeness (QED) is 0.698. The van der Waals surface area contributed by atoms with Gasteiger partial charge in [0.05, 0.1) is 0 Å². The molecule has 1 aliphatic heterocycles. The number of hydrogen-bond acceptors (Lipinski definition) is 1. The molecule has 2 fully saturated rings. The molecule has 1 aliphatic carbocycles. The minimum absolute atomic E-state index is 0.324. The molecule has 92 valence electrons. The Hall–Kier alpha value is -0.240. The van der Waals surface area contributed by atoms with Crippen molar-refractivity contribution in [3.05, 3.63) is 0 Å². The molecule has 0 aromatic rings. The lowest BCUT2D eigenvalue weighted by Gasteiger charge is -2.41. The molecule has 2 unspecified atom stereocenters. The fourth-order valence-electron chi connectivity index (χ4n) is 3.20. The highest BCUT2D eigenvalue weighted by molar-refractivity contribution is 6.17. The van der Waals surface area contributed by atoms with E-state index in [9.17, 15) is 4.79 Å². The first kappa shape index (κ1) is 12.2. The highest BCUT2D eigenvalue weighted by atomic mass is 35.5. The van der Waals surface area contributed by atoms with Crippen molar-refractivity contribution in [2.75, 3.05) is 19.0 Å². The first-order valence-corrected chi connectivity index (χ1v) is 7.18. The molecule has 2 atom stereocenters. The minimum atomic E-state index is 0.324. The van der Waals surface area contributed by atoms with Crippen LogP contribution in [0.25, 0.3) is 0 Å². The highest BCUT2D eigenvalue weighted by Crippen LogP contribution is 2.36. The molecular weight excluding hydrogens is 222 g/mol. The second-order valence-corrected chi connectivity index (χ2v) is 5.60. The van der Waals surface area contributed by atoms with Crippen LogP contribution < -0.4 is 0 Å². The largest absolute Gasteiger partial charge is 0.342 e. The molecule has 1 heterocycles. The average molecular weight is 244 g/mol. The summed E-state index contributed by atoms with van der Waals surface area (Å²) in [4.78, 5) is 14.0. The van der Waals surface area contributed by atoms with Gasteiger partial charge in [0, 0.05) is 25.4 Å². The van der Waals surface area contributed by atoms with Gasteiger partial charge in [-0.1, -0.05) is 19.3 Å². The van der Waals surface area contributed by atoms with Crippen LogP contribution in [-0.2, 0) is 4.79 Å². The Bertz CT molecular complexity index is 244. The number of amides is 1. The van der Waals surface area contributed by atoms with Gasteiger partial charge in [-0.25, -0.2) is 0 Å². The monoisotopic (exact) mass is 243 g/mol. The van der Waals surface area contributed by atoms with Crippen molar-refractivity contribution >= 4 is 17.5 Å². The van der Waals surface area contributed by atoms with Gasteiger partial charge in [0.25, 0.3) is 0 Å². The van der Waals surface area contributed by atoms with E-state index in [4.69, 9.17) is 11.6 Å². The Morgan fingerprint density at radius 3 is 2.69 bits per heavy atom. The molecule has 3 heteroatoms. The van der Waals surface area contributed by atoms with E-state index >= 15 is 0 Å². The Morgan fingerprint density at radius 1 is 1.19 bits per heavy atom. The number of likely N-dealkylation sites (tertiary alicyclic amines) is 1. The molecule has 1 saturated heterocycles. The van der Waals surface area contributed by atoms with Crippen molar-refractivity contribution in [2.24, 2.45) is 11.8 Å². The number of rotatable bonds is 3. The van der Waals surface area contributed by atoms with Crippen molar-refractivity contribution < 1.29 is 4.79 Å². The predicted molar refractivity (Wildman–Crippen MR) is 66.6 cm³/mol. The standard InChI is InChI=1S/C13H22ClNO/c14-8-3-6-13(16)15-9-7-11-4-1-2-5-12(11)10-15/h11-12H,1-10H2. The van der Waals surface area contributed by atoms with Crippen LogP contribution in [0.1, 0.15) is 44.9 Å². The maximum absolute atomic E-state index is 11.9. The van der Waals surface area contributed by atoms with Crippen molar-refractivity contribution in [2.45, 2.75) is 44.9 Å². The summed E-state index contributed by atoms with van der Waals surface area (Å²) in [5.74, 6) is 2.63. The molecule has 0 aromatic heterocycles. The average Bonchev–Trinajstić information content (AvgIpc) is 2.35. The highest BCUT2D eigenvalue weighted by Gasteiger charge is 2.32. The summed E-state index contributed by atoms with van der Waals surface area (Å²) in [5.41, 5.74) is 0. The number of halogens is 1. The number of piperidine rings is 1. The van der Waals surface area contributed by atoms with Crippen LogP contribution in [0.3, 0.4) is 0 Å². The fraction of sp³-hybridized carbons (Fsp3) is 0.923. The van der Waals surface area contributed by atoms with E-state index in [1.807, 2.05) is 0 Å². The van der Waals surface area contributed by atoms with Crippen LogP contribution in [0, 0.1) is 11.8 Å². The smallest absolute Gasteiger partial charge is 0.222 e. The maximum Gasteiger partial charge on any atom is 0.222 e. The van der Waals surface area contributed by atoms with E-state index in [1.165, 1.54) is 32.1 Å². The van der Waals surface area contributed by atoms with Gasteiger partial charge in [0.15, 0.2) is 0 Å². The molecule has 0 spiro atoms. The van der Waals surface area contributed by atoms with Gasteiger partial charge in [-0.15, -0.1) is 11.6 Å². The van der Waals surface area contributed by atoms with E-state index in [-0.39, 0.29) is 0 Å². The van der Waals surface area contributed by atoms with Gasteiger partial charge in [0.1, 0.15) is 0 Å². The summed E-state index contributed by atoms with van der Waals surface area (Å²) in [6.07, 6.45) is 8.20. The van der Waals surface area contributed by atoms with Crippen LogP contribution in [0.4, 0.5) is 0 Å². The maximum atomic E-state index is 11.9. The molecule has 2 rings (SSSR count). The molecule has 16 heavy (non-hydrogen) atoms. The Morgan fingerprint density at radius 2 is 1.94 bits per heavy atom. The summed E-state index contributed by atoms with van der Waals surface area (Å²) >= 11 is 5.62. The van der Waals surface area contributed by atoms with Gasteiger partial charge >= 0.3 is 0 Å². The number of nitrogens with zero attached hydrogens (tertiary/aromatic N) is 1. The third-order valence-electron chi connectivity index (χ3n) is 4.17. The van der Waals surface area contributed by atoms with Crippen LogP contribution >= 0.6 is 11.6 Å². The van der Waals surface area contributed by atoms with Crippen molar-refractivity contribution in [1.29, 1.82) is 0 Å². The molecule has 0 aromatic carbocycles. The molecule has 0 radical (unpaired) electrons. The van der Waals surface area contributed by atoms with E-state index in [0.717, 1.165) is 31.3 Å². The lowest BCUT2D eigenvalue weighted by atomic mass is 9.75. The van der Waals surface area contributed by atoms with Crippen molar-refractivity contribution in [3.63, 3.8) is 0 Å². The molecule has 2 nitrogen and oxygen atoms in total. The van der Waals surface area contributed by atoms with E-state index in [1.54, 1.807) is 0 Å². The van der Waals surface area contributed by atoms with Gasteiger partial charge < -0.3 is 4.90 Å². The zero-order valence-corrected chi connectivity index (χ0v) is 10.7. The van der Waals surface area contributed by atoms with Crippen LogP contribution in [0.5, 0.6) is 0 Å². The van der Waals surface area contributed by atoms with Crippen molar-refractivity contribution in [1.82, 2.24) is 4.90 Å². The van der Waals surface area contributed by atoms with Crippen molar-refractivity contribution in [3.8, 4) is 0 Å². The Labute approximate surface area is 103 Å². The molecule has 2 aliphatic rings. The van der Waals surface area contributed by atoms with E-state index in [0.29, 0.717) is 18.2 Å². The number of hydrogen-bond donors (Lipinski definition) is 0. The molecule has 1 amide bonds. The van der Waals surface area contributed by atoms with E-state index < -0.39 is 0 Å². The zero-order chi connectivity index (χ0) is 11.4. The van der Waals surface area contributed by atoms with Crippen LogP contribution in [0.15, 0.2) is 0 Å². The first-order valence-electron chi connectivity index (χ1n) is 6.65. The lowest BCUT2D eigenvalue weighted by Crippen LogP contribution is -2.44. The Kier molecular flexibility index (Phi) is 4.51. The van der Waals surface area contributed by atoms with Gasteiger partial charge in [-0.05, 0) is 31.1 Å². The molecule has 1 saturated carbocycles. The topological polar surface area (TPSA) is 20.3 Å². The number of carbonyl (C=O) groups is 1. The summed E-state index contributed by atoms with van der Waals surface area (Å²) in [6.45, 7) is 2.01. The molecule has 0 N–H and O–H groups in total. The minimum Gasteiger partial charge on any atom is -0.342 e. The van der Waals surface area contributed by atoms with Gasteiger partial charge in [-0.3, -0.25) is 4.79 Å².